The fraction of sp³-hybridized carbons (Fsp3) is 0.672. The second-order valence-electron chi connectivity index (χ2n) is 20.6. The number of esters is 3. The summed E-state index contributed by atoms with van der Waals surface area (Å²) in [7, 11) is 0. The maximum atomic E-state index is 13.1. The van der Waals surface area contributed by atoms with Crippen molar-refractivity contribution in [2.24, 2.45) is 0 Å². The number of carbonyl (C=O) groups is 4. The van der Waals surface area contributed by atoms with E-state index in [-0.39, 0.29) is 25.9 Å². The van der Waals surface area contributed by atoms with E-state index >= 15 is 0 Å². The van der Waals surface area contributed by atoms with Gasteiger partial charge in [0.15, 0.2) is 24.6 Å². The zero-order valence-corrected chi connectivity index (χ0v) is 49.3. The van der Waals surface area contributed by atoms with Gasteiger partial charge in [0, 0.05) is 19.3 Å². The fourth-order valence-corrected chi connectivity index (χ4v) is 8.58. The molecule has 0 aromatic heterocycles. The molecule has 1 rings (SSSR count). The lowest BCUT2D eigenvalue weighted by Crippen LogP contribution is -2.61. The molecule has 0 spiro atoms. The molecule has 1 aliphatic heterocycles. The number of aliphatic hydroxyl groups excluding tert-OH is 2. The van der Waals surface area contributed by atoms with Crippen LogP contribution in [0.25, 0.3) is 0 Å². The highest BCUT2D eigenvalue weighted by molar-refractivity contribution is 5.74. The van der Waals surface area contributed by atoms with Crippen molar-refractivity contribution in [3.63, 3.8) is 0 Å². The molecule has 1 aliphatic rings. The first-order valence-electron chi connectivity index (χ1n) is 30.9. The Kier molecular flexibility index (Phi) is 49.5. The number of hydrogen-bond donors (Lipinski definition) is 3. The Morgan fingerprint density at radius 2 is 0.823 bits per heavy atom. The van der Waals surface area contributed by atoms with E-state index in [1.165, 1.54) is 19.3 Å². The molecule has 0 aromatic carbocycles. The molecule has 448 valence electrons. The zero-order chi connectivity index (χ0) is 57.5. The van der Waals surface area contributed by atoms with Gasteiger partial charge in [0.1, 0.15) is 18.8 Å². The molecule has 1 heterocycles. The van der Waals surface area contributed by atoms with E-state index in [0.29, 0.717) is 19.3 Å². The van der Waals surface area contributed by atoms with Crippen LogP contribution in [-0.4, -0.2) is 89.2 Å². The Bertz CT molecular complexity index is 1790. The van der Waals surface area contributed by atoms with E-state index in [1.54, 1.807) is 0 Å². The molecule has 79 heavy (non-hydrogen) atoms. The number of hydrogen-bond acceptors (Lipinski definition) is 11. The lowest BCUT2D eigenvalue weighted by molar-refractivity contribution is -0.301. The SMILES string of the molecule is CC/C=C\C/C=C\C/C=C\C/C=C\C/C=C\CCCCCC(=O)OCC(COC1OC(C(=O)O)C(O)C(O)C1OC(=O)CCCCCCCCC/C=C\C/C=C\CCCCC)OC(=O)CCCCCCC/C=C\C/C=C\CCC. The molecule has 12 nitrogen and oxygen atoms in total. The Balaban J connectivity index is 2.70. The molecular formula is C67H108O12. The van der Waals surface area contributed by atoms with Gasteiger partial charge in [-0.15, -0.1) is 0 Å². The minimum atomic E-state index is -1.92. The van der Waals surface area contributed by atoms with Gasteiger partial charge >= 0.3 is 23.9 Å². The average Bonchev–Trinajstić information content (AvgIpc) is 3.47. The van der Waals surface area contributed by atoms with Crippen molar-refractivity contribution in [1.82, 2.24) is 0 Å². The van der Waals surface area contributed by atoms with Crippen molar-refractivity contribution in [3.8, 4) is 0 Å². The van der Waals surface area contributed by atoms with Crippen molar-refractivity contribution < 1.29 is 58.2 Å². The fourth-order valence-electron chi connectivity index (χ4n) is 8.58. The molecule has 0 amide bonds. The highest BCUT2D eigenvalue weighted by Crippen LogP contribution is 2.26. The number of ether oxygens (including phenoxy) is 5. The molecule has 0 aliphatic carbocycles. The third-order valence-corrected chi connectivity index (χ3v) is 13.3. The van der Waals surface area contributed by atoms with Gasteiger partial charge in [-0.05, 0) is 122 Å². The Morgan fingerprint density at radius 3 is 1.28 bits per heavy atom. The van der Waals surface area contributed by atoms with Crippen LogP contribution in [0.2, 0.25) is 0 Å². The topological polar surface area (TPSA) is 175 Å². The number of aliphatic hydroxyl groups is 2. The quantitative estimate of drug-likeness (QED) is 0.0228. The number of carbonyl (C=O) groups excluding carboxylic acids is 3. The first-order chi connectivity index (χ1) is 38.6. The van der Waals surface area contributed by atoms with E-state index in [0.717, 1.165) is 161 Å². The summed E-state index contributed by atoms with van der Waals surface area (Å²) in [5, 5.41) is 31.5. The number of allylic oxidation sites excluding steroid dienone is 18. The summed E-state index contributed by atoms with van der Waals surface area (Å²) in [6.45, 7) is 5.75. The number of rotatable bonds is 51. The van der Waals surface area contributed by atoms with E-state index in [1.807, 2.05) is 0 Å². The number of unbranched alkanes of at least 4 members (excludes halogenated alkanes) is 19. The van der Waals surface area contributed by atoms with Gasteiger partial charge in [-0.1, -0.05) is 207 Å². The molecule has 0 bridgehead atoms. The number of carboxylic acid groups (broad SMARTS) is 1. The minimum Gasteiger partial charge on any atom is -0.479 e. The standard InChI is InChI=1S/C67H108O12/c1-4-7-10-13-16-19-22-25-27-29-30-32-33-36-38-41-44-47-50-53-59(68)75-56-58(77-60(69)54-51-48-45-42-39-35-24-21-18-15-12-9-6-3)57-76-67-65(63(72)62(71)64(79-67)66(73)74)78-61(70)55-52-49-46-43-40-37-34-31-28-26-23-20-17-14-11-8-5-2/h7,10,12,15-17,19-21,24-28,30,32,36,38,58,62-65,67,71-72H,4-6,8-9,11,13-14,18,22-23,29,31,33-35,37,39-57H2,1-3H3,(H,73,74)/b10-7-,15-12-,19-16-,20-17-,24-21-,27-25-,28-26-,32-30-,38-36-. The van der Waals surface area contributed by atoms with E-state index in [4.69, 9.17) is 23.7 Å². The summed E-state index contributed by atoms with van der Waals surface area (Å²) in [5.41, 5.74) is 0. The minimum absolute atomic E-state index is 0.0415. The first kappa shape index (κ1) is 72.4. The largest absolute Gasteiger partial charge is 0.479 e. The lowest BCUT2D eigenvalue weighted by atomic mass is 9.98. The van der Waals surface area contributed by atoms with Crippen LogP contribution in [0.4, 0.5) is 0 Å². The molecular weight excluding hydrogens is 997 g/mol. The van der Waals surface area contributed by atoms with Gasteiger partial charge in [-0.25, -0.2) is 4.79 Å². The molecule has 6 unspecified atom stereocenters. The van der Waals surface area contributed by atoms with Crippen molar-refractivity contribution in [2.45, 2.75) is 276 Å². The number of carboxylic acids is 1. The van der Waals surface area contributed by atoms with Crippen LogP contribution in [0.1, 0.15) is 239 Å². The van der Waals surface area contributed by atoms with Crippen LogP contribution in [-0.2, 0) is 42.9 Å². The van der Waals surface area contributed by atoms with Crippen molar-refractivity contribution in [2.75, 3.05) is 13.2 Å². The highest BCUT2D eigenvalue weighted by atomic mass is 16.7. The summed E-state index contributed by atoms with van der Waals surface area (Å²) in [5.74, 6) is -3.20. The maximum absolute atomic E-state index is 13.1. The van der Waals surface area contributed by atoms with Crippen LogP contribution in [0, 0.1) is 0 Å². The highest BCUT2D eigenvalue weighted by Gasteiger charge is 2.50. The molecule has 3 N–H and O–H groups in total. The van der Waals surface area contributed by atoms with Crippen LogP contribution in [0.5, 0.6) is 0 Å². The van der Waals surface area contributed by atoms with Gasteiger partial charge in [0.05, 0.1) is 6.61 Å². The lowest BCUT2D eigenvalue weighted by Gasteiger charge is -2.40. The van der Waals surface area contributed by atoms with Gasteiger partial charge in [-0.3, -0.25) is 14.4 Å². The summed E-state index contributed by atoms with van der Waals surface area (Å²) in [4.78, 5) is 51.2. The van der Waals surface area contributed by atoms with E-state index < -0.39 is 67.3 Å². The van der Waals surface area contributed by atoms with Crippen LogP contribution >= 0.6 is 0 Å². The van der Waals surface area contributed by atoms with E-state index in [2.05, 4.69) is 130 Å². The summed E-state index contributed by atoms with van der Waals surface area (Å²) < 4.78 is 28.4. The van der Waals surface area contributed by atoms with Crippen LogP contribution in [0.15, 0.2) is 109 Å². The summed E-state index contributed by atoms with van der Waals surface area (Å²) >= 11 is 0. The third kappa shape index (κ3) is 43.8. The second-order valence-corrected chi connectivity index (χ2v) is 20.6. The van der Waals surface area contributed by atoms with Gasteiger partial charge in [0.25, 0.3) is 0 Å². The predicted molar refractivity (Wildman–Crippen MR) is 321 cm³/mol. The summed E-state index contributed by atoms with van der Waals surface area (Å²) in [6, 6.07) is 0. The monoisotopic (exact) mass is 1100 g/mol. The Labute approximate surface area is 478 Å². The van der Waals surface area contributed by atoms with Crippen molar-refractivity contribution in [1.29, 1.82) is 0 Å². The molecule has 0 aromatic rings. The molecule has 6 atom stereocenters. The Morgan fingerprint density at radius 1 is 0.430 bits per heavy atom. The number of aliphatic carboxylic acids is 1. The van der Waals surface area contributed by atoms with Crippen LogP contribution in [0.3, 0.4) is 0 Å². The average molecular weight is 1110 g/mol. The van der Waals surface area contributed by atoms with Crippen LogP contribution < -0.4 is 0 Å². The summed E-state index contributed by atoms with van der Waals surface area (Å²) in [6.07, 6.45) is 60.5. The van der Waals surface area contributed by atoms with Gasteiger partial charge in [-0.2, -0.15) is 0 Å². The van der Waals surface area contributed by atoms with Crippen molar-refractivity contribution in [3.05, 3.63) is 109 Å². The predicted octanol–water partition coefficient (Wildman–Crippen LogP) is 16.2. The molecule has 12 heteroatoms. The van der Waals surface area contributed by atoms with Crippen molar-refractivity contribution >= 4 is 23.9 Å². The smallest absolute Gasteiger partial charge is 0.335 e. The third-order valence-electron chi connectivity index (χ3n) is 13.3. The normalized spacial score (nSPS) is 18.6. The molecule has 0 radical (unpaired) electrons. The zero-order valence-electron chi connectivity index (χ0n) is 49.3. The first-order valence-corrected chi connectivity index (χ1v) is 30.9. The van der Waals surface area contributed by atoms with Gasteiger partial charge in [0.2, 0.25) is 0 Å². The Hall–Kier alpha value is -4.62. The molecule has 1 saturated heterocycles. The maximum Gasteiger partial charge on any atom is 0.335 e. The van der Waals surface area contributed by atoms with E-state index in [9.17, 15) is 34.5 Å². The van der Waals surface area contributed by atoms with Gasteiger partial charge < -0.3 is 39.0 Å². The molecule has 1 fully saturated rings. The second kappa shape index (κ2) is 54.0. The molecule has 0 saturated carbocycles.